The van der Waals surface area contributed by atoms with Gasteiger partial charge in [-0.25, -0.2) is 0 Å². The fourth-order valence-corrected chi connectivity index (χ4v) is 1.30. The van der Waals surface area contributed by atoms with Crippen LogP contribution in [0.2, 0.25) is 0 Å². The average molecular weight is 208 g/mol. The van der Waals surface area contributed by atoms with Crippen LogP contribution in [0, 0.1) is 0 Å². The molecule has 0 aromatic rings. The lowest BCUT2D eigenvalue weighted by Crippen LogP contribution is -2.58. The van der Waals surface area contributed by atoms with Gasteiger partial charge in [0.1, 0.15) is 24.4 Å². The van der Waals surface area contributed by atoms with Crippen molar-refractivity contribution in [1.82, 2.24) is 0 Å². The SMILES string of the molecule is CCOC[C@H]1OC(O)[C@H](O)[C@@H](O)[C@@H]1O. The van der Waals surface area contributed by atoms with Gasteiger partial charge < -0.3 is 29.9 Å². The number of aliphatic hydroxyl groups excluding tert-OH is 4. The molecule has 0 aliphatic carbocycles. The molecule has 4 N–H and O–H groups in total. The van der Waals surface area contributed by atoms with Gasteiger partial charge in [0.05, 0.1) is 6.61 Å². The van der Waals surface area contributed by atoms with Gasteiger partial charge >= 0.3 is 0 Å². The Bertz CT molecular complexity index is 175. The van der Waals surface area contributed by atoms with Crippen molar-refractivity contribution in [1.29, 1.82) is 0 Å². The smallest absolute Gasteiger partial charge is 0.184 e. The molecular weight excluding hydrogens is 192 g/mol. The average Bonchev–Trinajstić information content (AvgIpc) is 2.18. The second kappa shape index (κ2) is 5.01. The van der Waals surface area contributed by atoms with Crippen molar-refractivity contribution in [3.63, 3.8) is 0 Å². The molecule has 1 fully saturated rings. The van der Waals surface area contributed by atoms with Crippen molar-refractivity contribution in [3.8, 4) is 0 Å². The molecule has 1 aliphatic heterocycles. The normalized spacial score (nSPS) is 43.9. The van der Waals surface area contributed by atoms with E-state index in [2.05, 4.69) is 0 Å². The van der Waals surface area contributed by atoms with E-state index in [-0.39, 0.29) is 6.61 Å². The Morgan fingerprint density at radius 1 is 1.07 bits per heavy atom. The predicted octanol–water partition coefficient (Wildman–Crippen LogP) is -2.18. The summed E-state index contributed by atoms with van der Waals surface area (Å²) in [5.41, 5.74) is 0. The first-order valence-corrected chi connectivity index (χ1v) is 4.53. The zero-order chi connectivity index (χ0) is 10.7. The van der Waals surface area contributed by atoms with Crippen molar-refractivity contribution in [2.45, 2.75) is 37.6 Å². The maximum absolute atomic E-state index is 9.43. The third-order valence-electron chi connectivity index (χ3n) is 2.17. The summed E-state index contributed by atoms with van der Waals surface area (Å²) in [5.74, 6) is 0. The van der Waals surface area contributed by atoms with E-state index in [4.69, 9.17) is 19.7 Å². The third-order valence-corrected chi connectivity index (χ3v) is 2.17. The van der Waals surface area contributed by atoms with E-state index >= 15 is 0 Å². The minimum atomic E-state index is -1.49. The van der Waals surface area contributed by atoms with Crippen LogP contribution < -0.4 is 0 Å². The highest BCUT2D eigenvalue weighted by Crippen LogP contribution is 2.19. The first kappa shape index (κ1) is 11.8. The molecule has 1 unspecified atom stereocenters. The molecular formula is C8H16O6. The summed E-state index contributed by atoms with van der Waals surface area (Å²) < 4.78 is 9.84. The van der Waals surface area contributed by atoms with Gasteiger partial charge in [-0.05, 0) is 6.92 Å². The summed E-state index contributed by atoms with van der Waals surface area (Å²) in [6, 6.07) is 0. The Morgan fingerprint density at radius 3 is 2.29 bits per heavy atom. The van der Waals surface area contributed by atoms with Crippen LogP contribution in [0.1, 0.15) is 6.92 Å². The van der Waals surface area contributed by atoms with Gasteiger partial charge in [0.25, 0.3) is 0 Å². The van der Waals surface area contributed by atoms with Gasteiger partial charge in [0.15, 0.2) is 6.29 Å². The molecule has 6 heteroatoms. The minimum absolute atomic E-state index is 0.0680. The van der Waals surface area contributed by atoms with Crippen LogP contribution in [-0.2, 0) is 9.47 Å². The largest absolute Gasteiger partial charge is 0.387 e. The van der Waals surface area contributed by atoms with Crippen molar-refractivity contribution in [2.24, 2.45) is 0 Å². The van der Waals surface area contributed by atoms with Gasteiger partial charge in [-0.1, -0.05) is 0 Å². The number of hydrogen-bond acceptors (Lipinski definition) is 6. The quantitative estimate of drug-likeness (QED) is 0.421. The van der Waals surface area contributed by atoms with Gasteiger partial charge in [-0.3, -0.25) is 0 Å². The molecule has 1 aliphatic rings. The zero-order valence-electron chi connectivity index (χ0n) is 7.91. The molecule has 0 aromatic carbocycles. The van der Waals surface area contributed by atoms with Crippen LogP contribution in [0.3, 0.4) is 0 Å². The Morgan fingerprint density at radius 2 is 1.71 bits per heavy atom. The van der Waals surface area contributed by atoms with Crippen molar-refractivity contribution < 1.29 is 29.9 Å². The van der Waals surface area contributed by atoms with Crippen LogP contribution >= 0.6 is 0 Å². The lowest BCUT2D eigenvalue weighted by molar-refractivity contribution is -0.288. The van der Waals surface area contributed by atoms with E-state index in [0.717, 1.165) is 0 Å². The molecule has 0 radical (unpaired) electrons. The van der Waals surface area contributed by atoms with Crippen LogP contribution in [0.5, 0.6) is 0 Å². The lowest BCUT2D eigenvalue weighted by Gasteiger charge is -2.38. The molecule has 1 rings (SSSR count). The molecule has 0 bridgehead atoms. The van der Waals surface area contributed by atoms with E-state index in [1.54, 1.807) is 6.92 Å². The highest BCUT2D eigenvalue weighted by molar-refractivity contribution is 4.88. The molecule has 84 valence electrons. The van der Waals surface area contributed by atoms with Crippen LogP contribution in [-0.4, -0.2) is 64.3 Å². The Balaban J connectivity index is 2.52. The monoisotopic (exact) mass is 208 g/mol. The number of hydrogen-bond donors (Lipinski definition) is 4. The van der Waals surface area contributed by atoms with Gasteiger partial charge in [0.2, 0.25) is 0 Å². The highest BCUT2D eigenvalue weighted by atomic mass is 16.6. The molecule has 1 saturated heterocycles. The first-order valence-electron chi connectivity index (χ1n) is 4.53. The highest BCUT2D eigenvalue weighted by Gasteiger charge is 2.42. The van der Waals surface area contributed by atoms with Crippen molar-refractivity contribution in [2.75, 3.05) is 13.2 Å². The topological polar surface area (TPSA) is 99.4 Å². The molecule has 5 atom stereocenters. The van der Waals surface area contributed by atoms with Crippen molar-refractivity contribution in [3.05, 3.63) is 0 Å². The van der Waals surface area contributed by atoms with Gasteiger partial charge in [-0.2, -0.15) is 0 Å². The fourth-order valence-electron chi connectivity index (χ4n) is 1.30. The number of ether oxygens (including phenoxy) is 2. The van der Waals surface area contributed by atoms with Crippen LogP contribution in [0.4, 0.5) is 0 Å². The molecule has 1 heterocycles. The van der Waals surface area contributed by atoms with Crippen LogP contribution in [0.15, 0.2) is 0 Å². The third kappa shape index (κ3) is 2.41. The van der Waals surface area contributed by atoms with E-state index in [1.807, 2.05) is 0 Å². The standard InChI is InChI=1S/C8H16O6/c1-2-13-3-4-5(9)6(10)7(11)8(12)14-4/h4-12H,2-3H2,1H3/t4-,5-,6+,7-,8?/m1/s1. The van der Waals surface area contributed by atoms with Crippen LogP contribution in [0.25, 0.3) is 0 Å². The summed E-state index contributed by atoms with van der Waals surface area (Å²) in [6.07, 6.45) is -6.45. The Kier molecular flexibility index (Phi) is 4.24. The second-order valence-electron chi connectivity index (χ2n) is 3.20. The zero-order valence-corrected chi connectivity index (χ0v) is 7.91. The summed E-state index contributed by atoms with van der Waals surface area (Å²) in [4.78, 5) is 0. The Labute approximate surface area is 81.7 Å². The van der Waals surface area contributed by atoms with E-state index in [0.29, 0.717) is 6.61 Å². The van der Waals surface area contributed by atoms with E-state index in [1.165, 1.54) is 0 Å². The maximum Gasteiger partial charge on any atom is 0.184 e. The van der Waals surface area contributed by atoms with E-state index in [9.17, 15) is 10.2 Å². The second-order valence-corrected chi connectivity index (χ2v) is 3.20. The maximum atomic E-state index is 9.43. The fraction of sp³-hybridized carbons (Fsp3) is 1.00. The molecule has 14 heavy (non-hydrogen) atoms. The molecule has 0 saturated carbocycles. The number of aliphatic hydroxyl groups is 4. The first-order chi connectivity index (χ1) is 6.57. The molecule has 0 amide bonds. The summed E-state index contributed by atoms with van der Waals surface area (Å²) >= 11 is 0. The summed E-state index contributed by atoms with van der Waals surface area (Å²) in [6.45, 7) is 2.29. The number of rotatable bonds is 3. The van der Waals surface area contributed by atoms with Crippen molar-refractivity contribution >= 4 is 0 Å². The molecule has 6 nitrogen and oxygen atoms in total. The minimum Gasteiger partial charge on any atom is -0.387 e. The summed E-state index contributed by atoms with van der Waals surface area (Å²) in [7, 11) is 0. The van der Waals surface area contributed by atoms with E-state index < -0.39 is 30.7 Å². The van der Waals surface area contributed by atoms with Gasteiger partial charge in [0, 0.05) is 6.61 Å². The predicted molar refractivity (Wildman–Crippen MR) is 45.4 cm³/mol. The Hall–Kier alpha value is -0.240. The van der Waals surface area contributed by atoms with Gasteiger partial charge in [-0.15, -0.1) is 0 Å². The summed E-state index contributed by atoms with van der Waals surface area (Å²) in [5, 5.41) is 37.0. The molecule has 0 aromatic heterocycles. The molecule has 0 spiro atoms. The lowest BCUT2D eigenvalue weighted by atomic mass is 9.99.